The van der Waals surface area contributed by atoms with E-state index in [4.69, 9.17) is 5.73 Å². The SMILES string of the molecule is Cc1ccc(C(=O)N2CCN(S(C)(=O)=O)C2C(=O)NCCN)cc1C. The Morgan fingerprint density at radius 1 is 1.24 bits per heavy atom. The lowest BCUT2D eigenvalue weighted by molar-refractivity contribution is -0.127. The molecular formula is C16H24N4O4S. The molecule has 0 spiro atoms. The third-order valence-electron chi connectivity index (χ3n) is 4.25. The fourth-order valence-corrected chi connectivity index (χ4v) is 3.75. The molecule has 1 aliphatic rings. The van der Waals surface area contributed by atoms with Crippen molar-refractivity contribution in [2.75, 3.05) is 32.4 Å². The molecule has 3 N–H and O–H groups in total. The van der Waals surface area contributed by atoms with Crippen molar-refractivity contribution in [3.8, 4) is 0 Å². The van der Waals surface area contributed by atoms with Gasteiger partial charge in [-0.05, 0) is 37.1 Å². The molecule has 1 atom stereocenters. The smallest absolute Gasteiger partial charge is 0.259 e. The van der Waals surface area contributed by atoms with E-state index in [2.05, 4.69) is 5.32 Å². The monoisotopic (exact) mass is 368 g/mol. The number of hydrogen-bond acceptors (Lipinski definition) is 5. The molecule has 138 valence electrons. The molecule has 0 saturated carbocycles. The minimum absolute atomic E-state index is 0.0795. The molecule has 2 amide bonds. The van der Waals surface area contributed by atoms with E-state index in [1.54, 1.807) is 12.1 Å². The van der Waals surface area contributed by atoms with Gasteiger partial charge in [-0.2, -0.15) is 4.31 Å². The Morgan fingerprint density at radius 2 is 1.92 bits per heavy atom. The summed E-state index contributed by atoms with van der Waals surface area (Å²) in [6, 6.07) is 5.26. The van der Waals surface area contributed by atoms with Crippen molar-refractivity contribution < 1.29 is 18.0 Å². The van der Waals surface area contributed by atoms with Gasteiger partial charge in [0.15, 0.2) is 6.17 Å². The zero-order valence-electron chi connectivity index (χ0n) is 14.7. The Bertz CT molecular complexity index is 778. The molecule has 1 fully saturated rings. The fraction of sp³-hybridized carbons (Fsp3) is 0.500. The van der Waals surface area contributed by atoms with Crippen LogP contribution in [0.3, 0.4) is 0 Å². The molecule has 2 rings (SSSR count). The highest BCUT2D eigenvalue weighted by Gasteiger charge is 2.44. The van der Waals surface area contributed by atoms with Crippen molar-refractivity contribution >= 4 is 21.8 Å². The van der Waals surface area contributed by atoms with E-state index in [0.29, 0.717) is 5.56 Å². The van der Waals surface area contributed by atoms with Gasteiger partial charge in [0.05, 0.1) is 6.26 Å². The van der Waals surface area contributed by atoms with Crippen molar-refractivity contribution in [1.82, 2.24) is 14.5 Å². The number of nitrogens with one attached hydrogen (secondary N) is 1. The molecule has 25 heavy (non-hydrogen) atoms. The summed E-state index contributed by atoms with van der Waals surface area (Å²) in [4.78, 5) is 26.6. The van der Waals surface area contributed by atoms with Crippen LogP contribution in [0.2, 0.25) is 0 Å². The fourth-order valence-electron chi connectivity index (χ4n) is 2.77. The first-order valence-electron chi connectivity index (χ1n) is 7.99. The van der Waals surface area contributed by atoms with E-state index in [1.165, 1.54) is 4.90 Å². The number of aryl methyl sites for hydroxylation is 2. The number of benzene rings is 1. The number of carbonyl (C=O) groups excluding carboxylic acids is 2. The predicted octanol–water partition coefficient (Wildman–Crippen LogP) is -0.578. The first-order chi connectivity index (χ1) is 11.7. The summed E-state index contributed by atoms with van der Waals surface area (Å²) in [5.74, 6) is -0.923. The molecule has 1 aromatic rings. The van der Waals surface area contributed by atoms with E-state index >= 15 is 0 Å². The zero-order valence-corrected chi connectivity index (χ0v) is 15.5. The standard InChI is InChI=1S/C16H24N4O4S/c1-11-4-5-13(10-12(11)2)16(22)19-8-9-20(25(3,23)24)15(19)14(21)18-7-6-17/h4-5,10,15H,6-9,17H2,1-3H3,(H,18,21). The van der Waals surface area contributed by atoms with Crippen LogP contribution in [0.1, 0.15) is 21.5 Å². The van der Waals surface area contributed by atoms with E-state index in [9.17, 15) is 18.0 Å². The van der Waals surface area contributed by atoms with Gasteiger partial charge in [0, 0.05) is 31.7 Å². The molecule has 8 nitrogen and oxygen atoms in total. The molecule has 1 saturated heterocycles. The maximum absolute atomic E-state index is 12.9. The molecule has 0 aliphatic carbocycles. The Kier molecular flexibility index (Phi) is 5.81. The van der Waals surface area contributed by atoms with Gasteiger partial charge in [-0.1, -0.05) is 6.07 Å². The van der Waals surface area contributed by atoms with Crippen LogP contribution in [0.4, 0.5) is 0 Å². The quantitative estimate of drug-likeness (QED) is 0.722. The van der Waals surface area contributed by atoms with E-state index in [1.807, 2.05) is 19.9 Å². The second-order valence-corrected chi connectivity index (χ2v) is 8.06. The van der Waals surface area contributed by atoms with Crippen LogP contribution >= 0.6 is 0 Å². The molecule has 1 aromatic carbocycles. The minimum Gasteiger partial charge on any atom is -0.352 e. The third kappa shape index (κ3) is 4.17. The first-order valence-corrected chi connectivity index (χ1v) is 9.84. The number of nitrogens with two attached hydrogens (primary N) is 1. The van der Waals surface area contributed by atoms with Crippen molar-refractivity contribution in [2.24, 2.45) is 5.73 Å². The number of amides is 2. The summed E-state index contributed by atoms with van der Waals surface area (Å²) < 4.78 is 25.1. The minimum atomic E-state index is -3.64. The normalized spacial score (nSPS) is 18.4. The summed E-state index contributed by atoms with van der Waals surface area (Å²) in [6.45, 7) is 4.49. The lowest BCUT2D eigenvalue weighted by Crippen LogP contribution is -2.54. The number of carbonyl (C=O) groups is 2. The molecule has 0 bridgehead atoms. The average Bonchev–Trinajstić information content (AvgIpc) is 2.99. The molecule has 1 heterocycles. The summed E-state index contributed by atoms with van der Waals surface area (Å²) in [6.07, 6.45) is -0.170. The van der Waals surface area contributed by atoms with E-state index in [-0.39, 0.29) is 32.1 Å². The third-order valence-corrected chi connectivity index (χ3v) is 5.48. The van der Waals surface area contributed by atoms with E-state index < -0.39 is 22.1 Å². The first kappa shape index (κ1) is 19.4. The Balaban J connectivity index is 2.34. The van der Waals surface area contributed by atoms with Gasteiger partial charge in [-0.15, -0.1) is 0 Å². The van der Waals surface area contributed by atoms with Crippen LogP contribution in [-0.4, -0.2) is 68.0 Å². The second kappa shape index (κ2) is 7.51. The Labute approximate surface area is 148 Å². The van der Waals surface area contributed by atoms with Crippen molar-refractivity contribution in [2.45, 2.75) is 20.0 Å². The molecule has 1 aliphatic heterocycles. The van der Waals surface area contributed by atoms with Gasteiger partial charge >= 0.3 is 0 Å². The summed E-state index contributed by atoms with van der Waals surface area (Å²) in [7, 11) is -3.64. The number of hydrogen-bond donors (Lipinski definition) is 2. The van der Waals surface area contributed by atoms with Crippen LogP contribution in [-0.2, 0) is 14.8 Å². The van der Waals surface area contributed by atoms with Gasteiger partial charge in [-0.3, -0.25) is 9.59 Å². The lowest BCUT2D eigenvalue weighted by atomic mass is 10.1. The Morgan fingerprint density at radius 3 is 2.48 bits per heavy atom. The summed E-state index contributed by atoms with van der Waals surface area (Å²) >= 11 is 0. The van der Waals surface area contributed by atoms with Gasteiger partial charge in [0.1, 0.15) is 0 Å². The summed E-state index contributed by atoms with van der Waals surface area (Å²) in [5, 5.41) is 2.57. The highest BCUT2D eigenvalue weighted by Crippen LogP contribution is 2.22. The summed E-state index contributed by atoms with van der Waals surface area (Å²) in [5.41, 5.74) is 7.81. The Hall–Kier alpha value is -1.97. The van der Waals surface area contributed by atoms with Crippen LogP contribution in [0.15, 0.2) is 18.2 Å². The van der Waals surface area contributed by atoms with Crippen molar-refractivity contribution in [3.63, 3.8) is 0 Å². The highest BCUT2D eigenvalue weighted by atomic mass is 32.2. The topological polar surface area (TPSA) is 113 Å². The zero-order chi connectivity index (χ0) is 18.8. The maximum atomic E-state index is 12.9. The maximum Gasteiger partial charge on any atom is 0.259 e. The molecule has 9 heteroatoms. The van der Waals surface area contributed by atoms with Crippen LogP contribution in [0.25, 0.3) is 0 Å². The van der Waals surface area contributed by atoms with Gasteiger partial charge in [0.25, 0.3) is 11.8 Å². The molecule has 1 unspecified atom stereocenters. The van der Waals surface area contributed by atoms with Crippen molar-refractivity contribution in [1.29, 1.82) is 0 Å². The number of sulfonamides is 1. The number of rotatable bonds is 5. The van der Waals surface area contributed by atoms with Crippen LogP contribution in [0, 0.1) is 13.8 Å². The predicted molar refractivity (Wildman–Crippen MR) is 94.4 cm³/mol. The second-order valence-electron chi connectivity index (χ2n) is 6.12. The highest BCUT2D eigenvalue weighted by molar-refractivity contribution is 7.88. The van der Waals surface area contributed by atoms with E-state index in [0.717, 1.165) is 21.7 Å². The average molecular weight is 368 g/mol. The van der Waals surface area contributed by atoms with Gasteiger partial charge in [-0.25, -0.2) is 8.42 Å². The van der Waals surface area contributed by atoms with Gasteiger partial charge < -0.3 is 16.0 Å². The van der Waals surface area contributed by atoms with Gasteiger partial charge in [0.2, 0.25) is 10.0 Å². The van der Waals surface area contributed by atoms with Crippen molar-refractivity contribution in [3.05, 3.63) is 34.9 Å². The number of nitrogens with zero attached hydrogens (tertiary/aromatic N) is 2. The molecule has 0 aromatic heterocycles. The van der Waals surface area contributed by atoms with Crippen LogP contribution < -0.4 is 11.1 Å². The van der Waals surface area contributed by atoms with Crippen LogP contribution in [0.5, 0.6) is 0 Å². The molecular weight excluding hydrogens is 344 g/mol. The largest absolute Gasteiger partial charge is 0.352 e. The molecule has 0 radical (unpaired) electrons. The lowest BCUT2D eigenvalue weighted by Gasteiger charge is -2.28.